The minimum Gasteiger partial charge on any atom is -0.392 e. The summed E-state index contributed by atoms with van der Waals surface area (Å²) >= 11 is 0. The van der Waals surface area contributed by atoms with Gasteiger partial charge in [-0.2, -0.15) is 0 Å². The summed E-state index contributed by atoms with van der Waals surface area (Å²) in [5.41, 5.74) is 43.6. The van der Waals surface area contributed by atoms with Crippen molar-refractivity contribution in [2.45, 2.75) is 17.4 Å². The maximum Gasteiger partial charge on any atom is 0.139 e. The van der Waals surface area contributed by atoms with E-state index in [0.717, 1.165) is 0 Å². The zero-order valence-electron chi connectivity index (χ0n) is 10.5. The fraction of sp³-hybridized carbons (Fsp3) is 1.00. The Labute approximate surface area is 121 Å². The molecular weight excluding hydrogens is 305 g/mol. The Morgan fingerprint density at radius 1 is 0.474 bits per heavy atom. The first-order chi connectivity index (χ1) is 7.68. The molecule has 0 unspecified atom stereocenters. The van der Waals surface area contributed by atoms with E-state index in [1.165, 1.54) is 0 Å². The minimum absolute atomic E-state index is 0. The predicted octanol–water partition coefficient (Wildman–Crippen LogP) is -7.48. The quantitative estimate of drug-likeness (QED) is 0.214. The largest absolute Gasteiger partial charge is 0.392 e. The number of aliphatic hydroxyl groups is 3. The second-order valence-corrected chi connectivity index (χ2v) is 3.81. The fourth-order valence-electron chi connectivity index (χ4n) is 0. The van der Waals surface area contributed by atoms with E-state index >= 15 is 0 Å². The summed E-state index contributed by atoms with van der Waals surface area (Å²) in [5, 5.41) is 24.1. The maximum absolute atomic E-state index is 8.03. The molecule has 123 valence electrons. The zero-order valence-corrected chi connectivity index (χ0v) is 11.5. The van der Waals surface area contributed by atoms with E-state index in [0.29, 0.717) is 0 Å². The average molecular weight is 332 g/mol. The van der Waals surface area contributed by atoms with Gasteiger partial charge < -0.3 is 15.3 Å². The molecule has 1 radical (unpaired) electrons. The van der Waals surface area contributed by atoms with Gasteiger partial charge in [0.2, 0.25) is 0 Å². The van der Waals surface area contributed by atoms with Gasteiger partial charge in [-0.15, -0.1) is 0 Å². The van der Waals surface area contributed by atoms with Crippen LogP contribution >= 0.6 is 0 Å². The van der Waals surface area contributed by atoms with E-state index in [1.54, 1.807) is 0 Å². The fourth-order valence-corrected chi connectivity index (χ4v) is 0. The molecule has 0 amide bonds. The van der Waals surface area contributed by atoms with Gasteiger partial charge in [-0.1, -0.05) is 0 Å². The van der Waals surface area contributed by atoms with Crippen molar-refractivity contribution in [2.24, 2.45) is 51.6 Å². The molecule has 0 rings (SSSR count). The smallest absolute Gasteiger partial charge is 0.139 e. The van der Waals surface area contributed by atoms with Crippen LogP contribution in [-0.2, 0) is 16.8 Å². The second-order valence-electron chi connectivity index (χ2n) is 3.81. The van der Waals surface area contributed by atoms with Crippen molar-refractivity contribution in [2.75, 3.05) is 19.8 Å². The van der Waals surface area contributed by atoms with Gasteiger partial charge in [-0.25, -0.2) is 0 Å². The monoisotopic (exact) mass is 332 g/mol. The molecule has 0 aliphatic carbocycles. The summed E-state index contributed by atoms with van der Waals surface area (Å²) in [6.45, 7) is -1.19. The van der Waals surface area contributed by atoms with E-state index < -0.39 is 37.2 Å². The molecule has 0 saturated heterocycles. The first kappa shape index (κ1) is 27.4. The summed E-state index contributed by atoms with van der Waals surface area (Å²) < 4.78 is 0. The Morgan fingerprint density at radius 3 is 0.526 bits per heavy atom. The molecule has 0 aliphatic rings. The van der Waals surface area contributed by atoms with Crippen molar-refractivity contribution in [1.82, 2.24) is 0 Å². The van der Waals surface area contributed by atoms with Crippen LogP contribution in [-0.4, -0.2) is 52.5 Å². The van der Waals surface area contributed by atoms with E-state index in [-0.39, 0.29) is 16.8 Å². The molecular formula is C6H27CoN9O3. The summed E-state index contributed by atoms with van der Waals surface area (Å²) in [6, 6.07) is 0. The Balaban J connectivity index is -0.0000000865. The van der Waals surface area contributed by atoms with Crippen molar-refractivity contribution in [1.29, 1.82) is 0 Å². The number of hydrogen-bond donors (Lipinski definition) is 12. The predicted molar refractivity (Wildman–Crippen MR) is 67.1 cm³/mol. The number of hydrogen-bond acceptors (Lipinski definition) is 12. The molecule has 12 nitrogen and oxygen atoms in total. The molecule has 0 fully saturated rings. The molecule has 0 aromatic rings. The van der Waals surface area contributed by atoms with Crippen LogP contribution in [0.1, 0.15) is 0 Å². The van der Waals surface area contributed by atoms with Crippen LogP contribution in [0.25, 0.3) is 0 Å². The summed E-state index contributed by atoms with van der Waals surface area (Å²) in [4.78, 5) is 0. The number of nitrogens with two attached hydrogens (primary N) is 9. The van der Waals surface area contributed by atoms with Crippen molar-refractivity contribution < 1.29 is 32.1 Å². The topological polar surface area (TPSA) is 295 Å². The van der Waals surface area contributed by atoms with Crippen LogP contribution in [0.3, 0.4) is 0 Å². The van der Waals surface area contributed by atoms with Crippen LogP contribution < -0.4 is 51.6 Å². The Bertz CT molecular complexity index is 155. The van der Waals surface area contributed by atoms with Crippen molar-refractivity contribution >= 4 is 0 Å². The van der Waals surface area contributed by atoms with Gasteiger partial charge in [0.05, 0.1) is 19.8 Å². The first-order valence-corrected chi connectivity index (χ1v) is 4.61. The van der Waals surface area contributed by atoms with Crippen molar-refractivity contribution in [3.05, 3.63) is 0 Å². The van der Waals surface area contributed by atoms with Crippen LogP contribution in [0.5, 0.6) is 0 Å². The van der Waals surface area contributed by atoms with Crippen LogP contribution in [0.15, 0.2) is 0 Å². The van der Waals surface area contributed by atoms with E-state index in [4.69, 9.17) is 66.9 Å². The van der Waals surface area contributed by atoms with E-state index in [1.807, 2.05) is 0 Å². The normalized spacial score (nSPS) is 11.4. The standard InChI is InChI=1S/3C2H9N3O.Co/c3*3-2(4,5)1-6;/h3*6H,1,3-5H2;. The van der Waals surface area contributed by atoms with Gasteiger partial charge in [0.25, 0.3) is 0 Å². The van der Waals surface area contributed by atoms with Crippen LogP contribution in [0, 0.1) is 0 Å². The van der Waals surface area contributed by atoms with Crippen LogP contribution in [0.4, 0.5) is 0 Å². The van der Waals surface area contributed by atoms with Crippen LogP contribution in [0.2, 0.25) is 0 Å². The molecule has 0 spiro atoms. The van der Waals surface area contributed by atoms with E-state index in [2.05, 4.69) is 0 Å². The molecule has 0 atom stereocenters. The summed E-state index contributed by atoms with van der Waals surface area (Å²) in [5.74, 6) is -4.21. The number of aliphatic hydroxyl groups excluding tert-OH is 3. The summed E-state index contributed by atoms with van der Waals surface area (Å²) in [7, 11) is 0. The second kappa shape index (κ2) is 11.8. The van der Waals surface area contributed by atoms with Gasteiger partial charge in [0.15, 0.2) is 0 Å². The maximum atomic E-state index is 8.03. The van der Waals surface area contributed by atoms with Gasteiger partial charge in [-0.3, -0.25) is 51.6 Å². The molecule has 19 heavy (non-hydrogen) atoms. The molecule has 0 aromatic heterocycles. The third kappa shape index (κ3) is 56.8. The van der Waals surface area contributed by atoms with Crippen molar-refractivity contribution in [3.63, 3.8) is 0 Å². The molecule has 0 heterocycles. The zero-order chi connectivity index (χ0) is 15.6. The Hall–Kier alpha value is 0.0265. The average Bonchev–Trinajstić information content (AvgIpc) is 2.16. The summed E-state index contributed by atoms with van der Waals surface area (Å²) in [6.07, 6.45) is 0. The molecule has 0 bridgehead atoms. The Kier molecular flexibility index (Phi) is 17.0. The third-order valence-corrected chi connectivity index (χ3v) is 0.822. The molecule has 21 N–H and O–H groups in total. The Morgan fingerprint density at radius 2 is 0.526 bits per heavy atom. The SMILES string of the molecule is NC(N)(N)CO.NC(N)(N)CO.NC(N)(N)CO.[Co]. The third-order valence-electron chi connectivity index (χ3n) is 0.822. The molecule has 0 aliphatic heterocycles. The van der Waals surface area contributed by atoms with Gasteiger partial charge in [-0.05, 0) is 0 Å². The molecule has 0 saturated carbocycles. The van der Waals surface area contributed by atoms with Gasteiger partial charge >= 0.3 is 0 Å². The molecule has 13 heteroatoms. The van der Waals surface area contributed by atoms with Gasteiger partial charge in [0, 0.05) is 16.8 Å². The molecule has 0 aromatic carbocycles. The van der Waals surface area contributed by atoms with E-state index in [9.17, 15) is 0 Å². The van der Waals surface area contributed by atoms with Crippen molar-refractivity contribution in [3.8, 4) is 0 Å². The van der Waals surface area contributed by atoms with Gasteiger partial charge in [0.1, 0.15) is 17.4 Å². The minimum atomic E-state index is -1.40. The first-order valence-electron chi connectivity index (χ1n) is 4.61. The number of rotatable bonds is 3.